The van der Waals surface area contributed by atoms with E-state index in [9.17, 15) is 10.1 Å². The summed E-state index contributed by atoms with van der Waals surface area (Å²) in [4.78, 5) is 17.8. The molecule has 0 N–H and O–H groups in total. The number of rotatable bonds is 3. The molecule has 0 atom stereocenters. The molecule has 0 saturated heterocycles. The number of ether oxygens (including phenoxy) is 1. The summed E-state index contributed by atoms with van der Waals surface area (Å²) >= 11 is 5.63. The van der Waals surface area contributed by atoms with Crippen LogP contribution in [0.1, 0.15) is 0 Å². The molecule has 86 valence electrons. The molecular weight excluding hydrogens is 246 g/mol. The predicted octanol–water partition coefficient (Wildman–Crippen LogP) is 2.83. The van der Waals surface area contributed by atoms with Crippen molar-refractivity contribution in [2.45, 2.75) is 0 Å². The van der Waals surface area contributed by atoms with Gasteiger partial charge in [-0.3, -0.25) is 15.1 Å². The van der Waals surface area contributed by atoms with E-state index in [0.717, 1.165) is 0 Å². The first-order chi connectivity index (χ1) is 8.16. The molecule has 0 spiro atoms. The molecule has 0 aliphatic heterocycles. The van der Waals surface area contributed by atoms with Crippen LogP contribution < -0.4 is 4.74 Å². The van der Waals surface area contributed by atoms with Gasteiger partial charge >= 0.3 is 5.69 Å². The molecule has 7 heteroatoms. The van der Waals surface area contributed by atoms with E-state index >= 15 is 0 Å². The fourth-order valence-corrected chi connectivity index (χ4v) is 1.30. The summed E-state index contributed by atoms with van der Waals surface area (Å²) in [6, 6.07) is 4.45. The number of nitro groups is 1. The van der Waals surface area contributed by atoms with Crippen molar-refractivity contribution in [3.05, 3.63) is 51.9 Å². The van der Waals surface area contributed by atoms with Gasteiger partial charge in [0.25, 0.3) is 5.88 Å². The SMILES string of the molecule is O=[N+]([O-])c1cc(Cl)cnc1Oc1cccnc1. The van der Waals surface area contributed by atoms with Gasteiger partial charge in [0, 0.05) is 12.3 Å². The lowest BCUT2D eigenvalue weighted by molar-refractivity contribution is -0.386. The van der Waals surface area contributed by atoms with E-state index < -0.39 is 4.92 Å². The minimum Gasteiger partial charge on any atom is -0.432 e. The van der Waals surface area contributed by atoms with Crippen LogP contribution in [0.15, 0.2) is 36.8 Å². The number of halogens is 1. The number of aromatic nitrogens is 2. The Morgan fingerprint density at radius 3 is 2.88 bits per heavy atom. The van der Waals surface area contributed by atoms with Gasteiger partial charge in [0.2, 0.25) is 0 Å². The Morgan fingerprint density at radius 2 is 2.24 bits per heavy atom. The summed E-state index contributed by atoms with van der Waals surface area (Å²) in [6.07, 6.45) is 4.27. The molecular formula is C10H6ClN3O3. The largest absolute Gasteiger partial charge is 0.432 e. The maximum atomic E-state index is 10.8. The minimum absolute atomic E-state index is 0.118. The number of pyridine rings is 2. The van der Waals surface area contributed by atoms with Crippen LogP contribution >= 0.6 is 11.6 Å². The lowest BCUT2D eigenvalue weighted by Gasteiger charge is -2.04. The molecule has 0 aliphatic carbocycles. The number of hydrogen-bond acceptors (Lipinski definition) is 5. The van der Waals surface area contributed by atoms with Crippen LogP contribution in [0.4, 0.5) is 5.69 Å². The van der Waals surface area contributed by atoms with Gasteiger partial charge in [-0.25, -0.2) is 4.98 Å². The van der Waals surface area contributed by atoms with Crippen molar-refractivity contribution in [2.24, 2.45) is 0 Å². The fraction of sp³-hybridized carbons (Fsp3) is 0. The standard InChI is InChI=1S/C10H6ClN3O3/c11-7-4-9(14(15)16)10(13-5-7)17-8-2-1-3-12-6-8/h1-6H. The van der Waals surface area contributed by atoms with E-state index in [1.54, 1.807) is 18.3 Å². The molecule has 17 heavy (non-hydrogen) atoms. The van der Waals surface area contributed by atoms with Gasteiger partial charge < -0.3 is 4.74 Å². The molecule has 2 rings (SSSR count). The lowest BCUT2D eigenvalue weighted by atomic mass is 10.4. The Kier molecular flexibility index (Phi) is 3.15. The Labute approximate surface area is 101 Å². The first-order valence-electron chi connectivity index (χ1n) is 4.54. The highest BCUT2D eigenvalue weighted by Gasteiger charge is 2.18. The highest BCUT2D eigenvalue weighted by molar-refractivity contribution is 6.30. The van der Waals surface area contributed by atoms with Crippen molar-refractivity contribution in [3.8, 4) is 11.6 Å². The highest BCUT2D eigenvalue weighted by atomic mass is 35.5. The normalized spacial score (nSPS) is 9.94. The zero-order valence-electron chi connectivity index (χ0n) is 8.41. The highest BCUT2D eigenvalue weighted by Crippen LogP contribution is 2.30. The Hall–Kier alpha value is -2.21. The molecule has 0 fully saturated rings. The second-order valence-electron chi connectivity index (χ2n) is 3.03. The Morgan fingerprint density at radius 1 is 1.41 bits per heavy atom. The second-order valence-corrected chi connectivity index (χ2v) is 3.46. The van der Waals surface area contributed by atoms with Gasteiger partial charge in [-0.1, -0.05) is 11.6 Å². The minimum atomic E-state index is -0.607. The van der Waals surface area contributed by atoms with E-state index in [2.05, 4.69) is 9.97 Å². The average molecular weight is 252 g/mol. The molecule has 0 radical (unpaired) electrons. The topological polar surface area (TPSA) is 78.2 Å². The number of nitrogens with zero attached hydrogens (tertiary/aromatic N) is 3. The first-order valence-corrected chi connectivity index (χ1v) is 4.92. The number of hydrogen-bond donors (Lipinski definition) is 0. The van der Waals surface area contributed by atoms with Crippen molar-refractivity contribution in [1.82, 2.24) is 9.97 Å². The summed E-state index contributed by atoms with van der Waals surface area (Å²) in [7, 11) is 0. The van der Waals surface area contributed by atoms with Crippen molar-refractivity contribution in [2.75, 3.05) is 0 Å². The van der Waals surface area contributed by atoms with Crippen LogP contribution in [0, 0.1) is 10.1 Å². The van der Waals surface area contributed by atoms with Crippen molar-refractivity contribution >= 4 is 17.3 Å². The summed E-state index contributed by atoms with van der Waals surface area (Å²) in [6.45, 7) is 0. The molecule has 0 bridgehead atoms. The molecule has 2 aromatic heterocycles. The van der Waals surface area contributed by atoms with E-state index in [1.165, 1.54) is 18.5 Å². The van der Waals surface area contributed by atoms with Gasteiger partial charge in [-0.15, -0.1) is 0 Å². The van der Waals surface area contributed by atoms with Crippen LogP contribution in [0.3, 0.4) is 0 Å². The summed E-state index contributed by atoms with van der Waals surface area (Å²) in [5.41, 5.74) is -0.290. The summed E-state index contributed by atoms with van der Waals surface area (Å²) < 4.78 is 5.25. The lowest BCUT2D eigenvalue weighted by Crippen LogP contribution is -1.96. The van der Waals surface area contributed by atoms with E-state index in [4.69, 9.17) is 16.3 Å². The third kappa shape index (κ3) is 2.67. The Balaban J connectivity index is 2.36. The van der Waals surface area contributed by atoms with Crippen LogP contribution in [0.5, 0.6) is 11.6 Å². The van der Waals surface area contributed by atoms with Gasteiger partial charge in [-0.05, 0) is 12.1 Å². The molecule has 6 nitrogen and oxygen atoms in total. The molecule has 0 saturated carbocycles. The Bertz CT molecular complexity index is 548. The fourth-order valence-electron chi connectivity index (χ4n) is 1.14. The van der Waals surface area contributed by atoms with E-state index in [-0.39, 0.29) is 16.6 Å². The van der Waals surface area contributed by atoms with Gasteiger partial charge in [0.05, 0.1) is 22.3 Å². The van der Waals surface area contributed by atoms with E-state index in [1.807, 2.05) is 0 Å². The second kappa shape index (κ2) is 4.75. The average Bonchev–Trinajstić information content (AvgIpc) is 2.32. The van der Waals surface area contributed by atoms with E-state index in [0.29, 0.717) is 5.75 Å². The summed E-state index contributed by atoms with van der Waals surface area (Å²) in [5.74, 6) is 0.248. The molecule has 2 heterocycles. The van der Waals surface area contributed by atoms with Crippen LogP contribution in [-0.4, -0.2) is 14.9 Å². The van der Waals surface area contributed by atoms with Crippen molar-refractivity contribution in [1.29, 1.82) is 0 Å². The van der Waals surface area contributed by atoms with Gasteiger partial charge in [0.15, 0.2) is 0 Å². The zero-order chi connectivity index (χ0) is 12.3. The predicted molar refractivity (Wildman–Crippen MR) is 60.2 cm³/mol. The molecule has 0 aliphatic rings. The maximum Gasteiger partial charge on any atom is 0.332 e. The quantitative estimate of drug-likeness (QED) is 0.619. The molecule has 2 aromatic rings. The first kappa shape index (κ1) is 11.3. The monoisotopic (exact) mass is 251 g/mol. The third-order valence-corrected chi connectivity index (χ3v) is 2.05. The van der Waals surface area contributed by atoms with Crippen molar-refractivity contribution in [3.63, 3.8) is 0 Å². The van der Waals surface area contributed by atoms with Crippen molar-refractivity contribution < 1.29 is 9.66 Å². The smallest absolute Gasteiger partial charge is 0.332 e. The third-order valence-electron chi connectivity index (χ3n) is 1.84. The van der Waals surface area contributed by atoms with Crippen LogP contribution in [0.2, 0.25) is 5.02 Å². The maximum absolute atomic E-state index is 10.8. The van der Waals surface area contributed by atoms with Gasteiger partial charge in [0.1, 0.15) is 5.75 Å². The molecule has 0 unspecified atom stereocenters. The van der Waals surface area contributed by atoms with Crippen LogP contribution in [0.25, 0.3) is 0 Å². The zero-order valence-corrected chi connectivity index (χ0v) is 9.16. The van der Waals surface area contributed by atoms with Crippen LogP contribution in [-0.2, 0) is 0 Å². The molecule has 0 aromatic carbocycles. The van der Waals surface area contributed by atoms with Gasteiger partial charge in [-0.2, -0.15) is 0 Å². The molecule has 0 amide bonds. The summed E-state index contributed by atoms with van der Waals surface area (Å²) in [5, 5.41) is 11.0.